The molecule has 4 heteroatoms. The topological polar surface area (TPSA) is 52.6 Å². The van der Waals surface area contributed by atoms with Gasteiger partial charge in [-0.1, -0.05) is 194 Å². The molecule has 4 nitrogen and oxygen atoms in total. The Hall–Kier alpha value is -8.34. The molecule has 0 N–H and O–H groups in total. The molecule has 1 aliphatic rings. The summed E-state index contributed by atoms with van der Waals surface area (Å²) in [6.45, 7) is 0. The molecule has 0 atom stereocenters. The van der Waals surface area contributed by atoms with Crippen molar-refractivity contribution in [3.8, 4) is 44.9 Å². The lowest BCUT2D eigenvalue weighted by molar-refractivity contribution is 0.0728. The van der Waals surface area contributed by atoms with Crippen molar-refractivity contribution in [1.29, 1.82) is 0 Å². The van der Waals surface area contributed by atoms with E-state index in [1.807, 2.05) is 158 Å². The number of benzene rings is 10. The molecule has 0 amide bonds. The van der Waals surface area contributed by atoms with E-state index in [2.05, 4.69) is 72.8 Å². The quantitative estimate of drug-likeness (QED) is 0.113. The predicted octanol–water partition coefficient (Wildman–Crippen LogP) is 14.1. The summed E-state index contributed by atoms with van der Waals surface area (Å²) in [5, 5.41) is 3.61. The number of carbonyl (C=O) groups excluding carboxylic acids is 2. The summed E-state index contributed by atoms with van der Waals surface area (Å²) in [4.78, 5) is 28.3. The summed E-state index contributed by atoms with van der Waals surface area (Å²) in [6.07, 6.45) is 0. The van der Waals surface area contributed by atoms with Crippen LogP contribution in [-0.2, 0) is 5.41 Å². The summed E-state index contributed by atoms with van der Waals surface area (Å²) < 4.78 is 12.8. The van der Waals surface area contributed by atoms with Gasteiger partial charge in [0, 0.05) is 11.1 Å². The molecular weight excluding hydrogens is 773 g/mol. The maximum Gasteiger partial charge on any atom is 0.344 e. The molecular formula is C59H38O4. The van der Waals surface area contributed by atoms with Crippen LogP contribution in [0.2, 0.25) is 0 Å². The van der Waals surface area contributed by atoms with E-state index in [9.17, 15) is 9.59 Å². The van der Waals surface area contributed by atoms with E-state index in [1.54, 1.807) is 0 Å². The van der Waals surface area contributed by atoms with Gasteiger partial charge in [0.15, 0.2) is 0 Å². The van der Waals surface area contributed by atoms with Crippen molar-refractivity contribution in [2.75, 3.05) is 0 Å². The smallest absolute Gasteiger partial charge is 0.344 e. The van der Waals surface area contributed by atoms with Gasteiger partial charge in [0.05, 0.1) is 16.5 Å². The molecule has 0 saturated carbocycles. The average molecular weight is 811 g/mol. The van der Waals surface area contributed by atoms with Gasteiger partial charge < -0.3 is 9.47 Å². The Kier molecular flexibility index (Phi) is 9.32. The van der Waals surface area contributed by atoms with Crippen LogP contribution in [0, 0.1) is 0 Å². The lowest BCUT2D eigenvalue weighted by Gasteiger charge is -2.35. The molecule has 1 aliphatic carbocycles. The number of rotatable bonds is 8. The van der Waals surface area contributed by atoms with Gasteiger partial charge in [0.1, 0.15) is 11.5 Å². The van der Waals surface area contributed by atoms with Gasteiger partial charge in [0.2, 0.25) is 0 Å². The van der Waals surface area contributed by atoms with Gasteiger partial charge in [-0.05, 0) is 102 Å². The Labute approximate surface area is 365 Å². The van der Waals surface area contributed by atoms with E-state index in [1.165, 1.54) is 0 Å². The van der Waals surface area contributed by atoms with Crippen LogP contribution in [0.3, 0.4) is 0 Å². The van der Waals surface area contributed by atoms with Crippen LogP contribution in [-0.4, -0.2) is 11.9 Å². The molecule has 0 heterocycles. The van der Waals surface area contributed by atoms with Crippen molar-refractivity contribution in [3.63, 3.8) is 0 Å². The molecule has 10 aromatic carbocycles. The fourth-order valence-electron chi connectivity index (χ4n) is 9.53. The highest BCUT2D eigenvalue weighted by Crippen LogP contribution is 2.57. The van der Waals surface area contributed by atoms with Gasteiger partial charge in [-0.25, -0.2) is 9.59 Å². The first-order chi connectivity index (χ1) is 31.1. The first-order valence-electron chi connectivity index (χ1n) is 21.1. The lowest BCUT2D eigenvalue weighted by Crippen LogP contribution is -2.29. The normalized spacial score (nSPS) is 12.4. The zero-order chi connectivity index (χ0) is 42.3. The molecule has 11 rings (SSSR count). The Balaban J connectivity index is 1.11. The summed E-state index contributed by atoms with van der Waals surface area (Å²) in [5.41, 5.74) is 10.0. The first kappa shape index (κ1) is 37.6. The monoisotopic (exact) mass is 810 g/mol. The molecule has 0 aromatic heterocycles. The van der Waals surface area contributed by atoms with E-state index < -0.39 is 17.4 Å². The fourth-order valence-corrected chi connectivity index (χ4v) is 9.53. The SMILES string of the molecule is O=C(Oc1ccc(C2(c3ccc(OC(=O)c4cccc5ccccc45)c(-c4ccccc4)c3)c3ccccc3-c3ccccc32)cc1-c1ccccc1)c1cccc2ccccc12. The molecule has 0 aliphatic heterocycles. The summed E-state index contributed by atoms with van der Waals surface area (Å²) in [5.74, 6) is 0.0600. The van der Waals surface area contributed by atoms with Crippen LogP contribution in [0.4, 0.5) is 0 Å². The van der Waals surface area contributed by atoms with Crippen LogP contribution in [0.5, 0.6) is 11.5 Å². The largest absolute Gasteiger partial charge is 0.422 e. The van der Waals surface area contributed by atoms with E-state index in [0.717, 1.165) is 77.2 Å². The summed E-state index contributed by atoms with van der Waals surface area (Å²) in [7, 11) is 0. The second kappa shape index (κ2) is 15.6. The minimum Gasteiger partial charge on any atom is -0.422 e. The molecule has 0 bridgehead atoms. The predicted molar refractivity (Wildman–Crippen MR) is 252 cm³/mol. The van der Waals surface area contributed by atoms with Gasteiger partial charge in [-0.15, -0.1) is 0 Å². The van der Waals surface area contributed by atoms with Crippen LogP contribution in [0.1, 0.15) is 43.0 Å². The van der Waals surface area contributed by atoms with E-state index >= 15 is 0 Å². The summed E-state index contributed by atoms with van der Waals surface area (Å²) in [6, 6.07) is 76.8. The number of fused-ring (bicyclic) bond motifs is 5. The van der Waals surface area contributed by atoms with Crippen molar-refractivity contribution in [2.45, 2.75) is 5.41 Å². The number of ether oxygens (including phenoxy) is 2. The Morgan fingerprint density at radius 1 is 0.333 bits per heavy atom. The molecule has 0 fully saturated rings. The van der Waals surface area contributed by atoms with Gasteiger partial charge in [-0.2, -0.15) is 0 Å². The molecule has 0 spiro atoms. The lowest BCUT2D eigenvalue weighted by atomic mass is 9.67. The van der Waals surface area contributed by atoms with Crippen LogP contribution in [0.15, 0.2) is 231 Å². The fraction of sp³-hybridized carbons (Fsp3) is 0.0169. The second-order valence-corrected chi connectivity index (χ2v) is 15.8. The molecule has 63 heavy (non-hydrogen) atoms. The van der Waals surface area contributed by atoms with Gasteiger partial charge in [0.25, 0.3) is 0 Å². The van der Waals surface area contributed by atoms with Crippen molar-refractivity contribution in [3.05, 3.63) is 264 Å². The molecule has 0 saturated heterocycles. The number of carbonyl (C=O) groups is 2. The third-order valence-electron chi connectivity index (χ3n) is 12.4. The van der Waals surface area contributed by atoms with Crippen LogP contribution < -0.4 is 9.47 Å². The van der Waals surface area contributed by atoms with Gasteiger partial charge in [-0.3, -0.25) is 0 Å². The first-order valence-corrected chi connectivity index (χ1v) is 21.1. The van der Waals surface area contributed by atoms with Crippen molar-refractivity contribution in [2.24, 2.45) is 0 Å². The van der Waals surface area contributed by atoms with E-state index in [0.29, 0.717) is 22.6 Å². The standard InChI is InChI=1S/C59H38O4/c60-57(49-29-15-23-39-21-7-9-25-45(39)49)62-55-35-33-43(37-51(55)41-17-3-1-4-18-41)59(53-31-13-11-27-47(53)48-28-12-14-32-54(48)59)44-34-36-56(52(38-44)42-19-5-2-6-20-42)63-58(61)50-30-16-24-40-22-8-10-26-46(40)50/h1-38H. The Morgan fingerprint density at radius 2 is 0.714 bits per heavy atom. The highest BCUT2D eigenvalue weighted by Gasteiger charge is 2.46. The molecule has 298 valence electrons. The Bertz CT molecular complexity index is 3150. The third kappa shape index (κ3) is 6.39. The average Bonchev–Trinajstić information content (AvgIpc) is 3.65. The Morgan fingerprint density at radius 3 is 1.17 bits per heavy atom. The van der Waals surface area contributed by atoms with Gasteiger partial charge >= 0.3 is 11.9 Å². The zero-order valence-corrected chi connectivity index (χ0v) is 34.1. The maximum absolute atomic E-state index is 14.1. The number of hydrogen-bond acceptors (Lipinski definition) is 4. The highest BCUT2D eigenvalue weighted by atomic mass is 16.5. The summed E-state index contributed by atoms with van der Waals surface area (Å²) >= 11 is 0. The zero-order valence-electron chi connectivity index (χ0n) is 34.1. The van der Waals surface area contributed by atoms with Crippen molar-refractivity contribution >= 4 is 33.5 Å². The van der Waals surface area contributed by atoms with Crippen LogP contribution >= 0.6 is 0 Å². The third-order valence-corrected chi connectivity index (χ3v) is 12.4. The number of esters is 2. The highest BCUT2D eigenvalue weighted by molar-refractivity contribution is 6.06. The minimum atomic E-state index is -0.837. The molecule has 0 unspecified atom stereocenters. The van der Waals surface area contributed by atoms with Crippen molar-refractivity contribution < 1.29 is 19.1 Å². The molecule has 0 radical (unpaired) electrons. The molecule has 10 aromatic rings. The number of hydrogen-bond donors (Lipinski definition) is 0. The van der Waals surface area contributed by atoms with Crippen molar-refractivity contribution in [1.82, 2.24) is 0 Å². The van der Waals surface area contributed by atoms with E-state index in [-0.39, 0.29) is 0 Å². The minimum absolute atomic E-state index is 0.427. The van der Waals surface area contributed by atoms with Crippen LogP contribution in [0.25, 0.3) is 54.9 Å². The maximum atomic E-state index is 14.1. The van der Waals surface area contributed by atoms with E-state index in [4.69, 9.17) is 9.47 Å². The second-order valence-electron chi connectivity index (χ2n) is 15.8.